The Kier molecular flexibility index (Phi) is 7.57. The molecule has 1 heterocycles. The van der Waals surface area contributed by atoms with Crippen LogP contribution in [-0.4, -0.2) is 34.0 Å². The third-order valence-electron chi connectivity index (χ3n) is 8.65. The van der Waals surface area contributed by atoms with E-state index in [1.807, 2.05) is 6.07 Å². The van der Waals surface area contributed by atoms with Gasteiger partial charge in [-0.1, -0.05) is 71.9 Å². The third kappa shape index (κ3) is 5.90. The summed E-state index contributed by atoms with van der Waals surface area (Å²) in [5.74, 6) is 0. The number of nitrogens with one attached hydrogen (secondary N) is 2. The molecule has 2 aromatic rings. The second-order valence-corrected chi connectivity index (χ2v) is 18.3. The van der Waals surface area contributed by atoms with Crippen LogP contribution in [0, 0.1) is 0 Å². The van der Waals surface area contributed by atoms with Crippen molar-refractivity contribution >= 4 is 25.7 Å². The average molecular weight is 522 g/mol. The second kappa shape index (κ2) is 10.1. The maximum Gasteiger partial charge on any atom is 0.319 e. The van der Waals surface area contributed by atoms with Crippen molar-refractivity contribution in [3.63, 3.8) is 0 Å². The maximum atomic E-state index is 13.3. The van der Waals surface area contributed by atoms with Crippen LogP contribution in [0.25, 0.3) is 0 Å². The summed E-state index contributed by atoms with van der Waals surface area (Å²) in [6, 6.07) is 12.7. The van der Waals surface area contributed by atoms with E-state index in [9.17, 15) is 4.79 Å². The highest BCUT2D eigenvalue weighted by atomic mass is 28.4. The highest BCUT2D eigenvalue weighted by Crippen LogP contribution is 2.41. The summed E-state index contributed by atoms with van der Waals surface area (Å²) < 4.78 is 6.78. The Morgan fingerprint density at radius 3 is 2.41 bits per heavy atom. The number of anilines is 2. The molecule has 2 unspecified atom stereocenters. The molecule has 0 bridgehead atoms. The van der Waals surface area contributed by atoms with Crippen LogP contribution in [0.3, 0.4) is 0 Å². The van der Waals surface area contributed by atoms with Crippen molar-refractivity contribution in [1.82, 2.24) is 5.32 Å². The number of hydrogen-bond donors (Lipinski definition) is 2. The first-order valence-corrected chi connectivity index (χ1v) is 16.8. The lowest BCUT2D eigenvalue weighted by Crippen LogP contribution is -2.45. The van der Waals surface area contributed by atoms with Gasteiger partial charge in [-0.25, -0.2) is 4.79 Å². The minimum atomic E-state index is -1.85. The molecule has 5 nitrogen and oxygen atoms in total. The number of carbonyl (C=O) groups is 1. The number of amides is 2. The van der Waals surface area contributed by atoms with Gasteiger partial charge in [-0.3, -0.25) is 0 Å². The number of nitrogens with zero attached hydrogens (tertiary/aromatic N) is 1. The number of para-hydroxylation sites is 1. The molecule has 6 heteroatoms. The van der Waals surface area contributed by atoms with Gasteiger partial charge in [-0.05, 0) is 77.6 Å². The van der Waals surface area contributed by atoms with E-state index in [0.717, 1.165) is 37.9 Å². The van der Waals surface area contributed by atoms with Crippen LogP contribution in [0.2, 0.25) is 18.1 Å². The van der Waals surface area contributed by atoms with Crippen molar-refractivity contribution < 1.29 is 9.22 Å². The Hall–Kier alpha value is -2.31. The Morgan fingerprint density at radius 2 is 1.73 bits per heavy atom. The summed E-state index contributed by atoms with van der Waals surface area (Å²) in [7, 11) is 0.302. The largest absolute Gasteiger partial charge is 0.414 e. The zero-order valence-electron chi connectivity index (χ0n) is 24.4. The molecule has 0 spiro atoms. The van der Waals surface area contributed by atoms with Crippen molar-refractivity contribution in [3.8, 4) is 0 Å². The summed E-state index contributed by atoms with van der Waals surface area (Å²) in [6.07, 6.45) is 3.97. The number of hydrogen-bond acceptors (Lipinski definition) is 3. The summed E-state index contributed by atoms with van der Waals surface area (Å²) in [6.45, 7) is 19.2. The van der Waals surface area contributed by atoms with Crippen molar-refractivity contribution in [2.75, 3.05) is 23.8 Å². The zero-order valence-corrected chi connectivity index (χ0v) is 25.4. The predicted molar refractivity (Wildman–Crippen MR) is 158 cm³/mol. The fraction of sp³-hybridized carbons (Fsp3) is 0.581. The molecule has 0 saturated carbocycles. The van der Waals surface area contributed by atoms with Gasteiger partial charge >= 0.3 is 6.03 Å². The highest BCUT2D eigenvalue weighted by molar-refractivity contribution is 6.74. The molecule has 2 N–H and O–H groups in total. The van der Waals surface area contributed by atoms with Gasteiger partial charge in [-0.15, -0.1) is 0 Å². The van der Waals surface area contributed by atoms with E-state index in [1.165, 1.54) is 27.9 Å². The Balaban J connectivity index is 1.51. The predicted octanol–water partition coefficient (Wildman–Crippen LogP) is 7.57. The molecular formula is C31H47N3O2Si. The molecule has 0 radical (unpaired) electrons. The van der Waals surface area contributed by atoms with Crippen LogP contribution in [0.5, 0.6) is 0 Å². The van der Waals surface area contributed by atoms with E-state index in [-0.39, 0.29) is 28.6 Å². The van der Waals surface area contributed by atoms with Crippen LogP contribution in [0.15, 0.2) is 36.4 Å². The first kappa shape index (κ1) is 27.7. The molecule has 2 aromatic carbocycles. The van der Waals surface area contributed by atoms with Gasteiger partial charge in [0.15, 0.2) is 8.32 Å². The van der Waals surface area contributed by atoms with E-state index in [4.69, 9.17) is 4.43 Å². The molecule has 0 aromatic heterocycles. The van der Waals surface area contributed by atoms with E-state index >= 15 is 0 Å². The van der Waals surface area contributed by atoms with Crippen molar-refractivity contribution in [3.05, 3.63) is 58.7 Å². The van der Waals surface area contributed by atoms with Crippen molar-refractivity contribution in [1.29, 1.82) is 0 Å². The van der Waals surface area contributed by atoms with Gasteiger partial charge < -0.3 is 20.0 Å². The molecule has 202 valence electrons. The quantitative estimate of drug-likeness (QED) is 0.408. The SMILES string of the molecule is CN1CCC(NC(=O)Nc2cccc3c2CC(O[Si](C)(C)C(C)(C)C)CC3)c2cccc(C(C)(C)C)c21. The third-order valence-corrected chi connectivity index (χ3v) is 13.2. The average Bonchev–Trinajstić information content (AvgIpc) is 2.79. The number of carbonyl (C=O) groups excluding carboxylic acids is 1. The molecule has 0 fully saturated rings. The zero-order chi connectivity index (χ0) is 27.2. The molecule has 4 rings (SSSR count). The Bertz CT molecular complexity index is 1150. The van der Waals surface area contributed by atoms with Gasteiger partial charge in [0.25, 0.3) is 0 Å². The summed E-state index contributed by atoms with van der Waals surface area (Å²) >= 11 is 0. The summed E-state index contributed by atoms with van der Waals surface area (Å²) in [5.41, 5.74) is 7.29. The van der Waals surface area contributed by atoms with Crippen LogP contribution in [0.4, 0.5) is 16.2 Å². The van der Waals surface area contributed by atoms with Crippen molar-refractivity contribution in [2.45, 2.75) is 103 Å². The summed E-state index contributed by atoms with van der Waals surface area (Å²) in [5, 5.41) is 6.69. The molecule has 1 aliphatic carbocycles. The van der Waals surface area contributed by atoms with Crippen molar-refractivity contribution in [2.24, 2.45) is 0 Å². The normalized spacial score (nSPS) is 20.2. The molecule has 37 heavy (non-hydrogen) atoms. The number of rotatable bonds is 4. The van der Waals surface area contributed by atoms with E-state index < -0.39 is 8.32 Å². The lowest BCUT2D eigenvalue weighted by molar-refractivity contribution is 0.165. The first-order chi connectivity index (χ1) is 17.2. The number of benzene rings is 2. The summed E-state index contributed by atoms with van der Waals surface area (Å²) in [4.78, 5) is 15.7. The topological polar surface area (TPSA) is 53.6 Å². The molecule has 1 aliphatic heterocycles. The van der Waals surface area contributed by atoms with Gasteiger partial charge in [0.1, 0.15) is 0 Å². The Labute approximate surface area is 225 Å². The molecule has 0 saturated heterocycles. The maximum absolute atomic E-state index is 13.3. The lowest BCUT2D eigenvalue weighted by atomic mass is 9.81. The molecule has 2 aliphatic rings. The van der Waals surface area contributed by atoms with Crippen LogP contribution >= 0.6 is 0 Å². The Morgan fingerprint density at radius 1 is 1.03 bits per heavy atom. The van der Waals surface area contributed by atoms with E-state index in [2.05, 4.69) is 108 Å². The fourth-order valence-corrected chi connectivity index (χ4v) is 6.89. The number of aryl methyl sites for hydroxylation is 1. The van der Waals surface area contributed by atoms with E-state index in [1.54, 1.807) is 0 Å². The lowest BCUT2D eigenvalue weighted by Gasteiger charge is -2.41. The highest BCUT2D eigenvalue weighted by Gasteiger charge is 2.40. The molecule has 2 atom stereocenters. The number of urea groups is 1. The van der Waals surface area contributed by atoms with Gasteiger partial charge in [0.2, 0.25) is 0 Å². The van der Waals surface area contributed by atoms with Crippen LogP contribution < -0.4 is 15.5 Å². The monoisotopic (exact) mass is 521 g/mol. The second-order valence-electron chi connectivity index (χ2n) is 13.5. The fourth-order valence-electron chi connectivity index (χ4n) is 5.50. The minimum absolute atomic E-state index is 0.0114. The van der Waals surface area contributed by atoms with E-state index in [0.29, 0.717) is 0 Å². The first-order valence-electron chi connectivity index (χ1n) is 13.9. The van der Waals surface area contributed by atoms with Crippen LogP contribution in [0.1, 0.15) is 82.7 Å². The van der Waals surface area contributed by atoms with Gasteiger partial charge in [0.05, 0.1) is 6.04 Å². The standard InChI is InChI=1S/C31H47N3O2Si/c1-30(2,3)25-14-11-13-23-27(18-19-34(7)28(23)25)33-29(35)32-26-15-10-12-21-16-17-22(20-24(21)26)36-37(8,9)31(4,5)6/h10-15,22,27H,16-20H2,1-9H3,(H2,32,33,35). The van der Waals surface area contributed by atoms with Gasteiger partial charge in [0, 0.05) is 31.1 Å². The minimum Gasteiger partial charge on any atom is -0.414 e. The molecule has 2 amide bonds. The van der Waals surface area contributed by atoms with Gasteiger partial charge in [-0.2, -0.15) is 0 Å². The molecular weight excluding hydrogens is 474 g/mol. The number of fused-ring (bicyclic) bond motifs is 2. The smallest absolute Gasteiger partial charge is 0.319 e. The van der Waals surface area contributed by atoms with Crippen LogP contribution in [-0.2, 0) is 22.7 Å².